The highest BCUT2D eigenvalue weighted by Crippen LogP contribution is 2.04. The molecule has 1 aliphatic heterocycles. The largest absolute Gasteiger partial charge is 0.376 e. The van der Waals surface area contributed by atoms with E-state index >= 15 is 0 Å². The van der Waals surface area contributed by atoms with Crippen LogP contribution in [0.25, 0.3) is 0 Å². The molecule has 54 valence electrons. The Kier molecular flexibility index (Phi) is 3.40. The Hall–Kier alpha value is 0.270. The SMILES string of the molecule is SCCC1COCCO1. The third kappa shape index (κ3) is 2.56. The maximum atomic E-state index is 5.34. The van der Waals surface area contributed by atoms with Crippen LogP contribution in [0.2, 0.25) is 0 Å². The highest BCUT2D eigenvalue weighted by Gasteiger charge is 2.11. The van der Waals surface area contributed by atoms with Gasteiger partial charge in [-0.05, 0) is 12.2 Å². The molecule has 1 atom stereocenters. The Balaban J connectivity index is 2.08. The second-order valence-electron chi connectivity index (χ2n) is 2.08. The van der Waals surface area contributed by atoms with Crippen molar-refractivity contribution in [1.29, 1.82) is 0 Å². The minimum Gasteiger partial charge on any atom is -0.376 e. The maximum absolute atomic E-state index is 5.34. The molecule has 9 heavy (non-hydrogen) atoms. The van der Waals surface area contributed by atoms with Crippen LogP contribution < -0.4 is 0 Å². The quantitative estimate of drug-likeness (QED) is 0.582. The maximum Gasteiger partial charge on any atom is 0.0817 e. The Labute approximate surface area is 60.9 Å². The average molecular weight is 148 g/mol. The van der Waals surface area contributed by atoms with Gasteiger partial charge < -0.3 is 9.47 Å². The first-order valence-electron chi connectivity index (χ1n) is 3.23. The summed E-state index contributed by atoms with van der Waals surface area (Å²) in [7, 11) is 0. The van der Waals surface area contributed by atoms with E-state index in [-0.39, 0.29) is 0 Å². The summed E-state index contributed by atoms with van der Waals surface area (Å²) in [5.41, 5.74) is 0. The summed E-state index contributed by atoms with van der Waals surface area (Å²) < 4.78 is 10.5. The molecule has 0 bridgehead atoms. The Morgan fingerprint density at radius 2 is 2.33 bits per heavy atom. The molecule has 0 saturated carbocycles. The van der Waals surface area contributed by atoms with Crippen LogP contribution in [0.15, 0.2) is 0 Å². The fourth-order valence-electron chi connectivity index (χ4n) is 0.847. The molecule has 0 radical (unpaired) electrons. The van der Waals surface area contributed by atoms with Crippen molar-refractivity contribution in [3.63, 3.8) is 0 Å². The molecule has 1 heterocycles. The Bertz CT molecular complexity index is 68.7. The van der Waals surface area contributed by atoms with E-state index in [9.17, 15) is 0 Å². The van der Waals surface area contributed by atoms with Crippen molar-refractivity contribution in [2.24, 2.45) is 0 Å². The van der Waals surface area contributed by atoms with Crippen LogP contribution in [0, 0.1) is 0 Å². The lowest BCUT2D eigenvalue weighted by atomic mass is 10.3. The van der Waals surface area contributed by atoms with E-state index in [1.807, 2.05) is 0 Å². The number of hydrogen-bond acceptors (Lipinski definition) is 3. The van der Waals surface area contributed by atoms with Gasteiger partial charge in [0.2, 0.25) is 0 Å². The average Bonchev–Trinajstić information content (AvgIpc) is 1.91. The van der Waals surface area contributed by atoms with Crippen LogP contribution in [0.5, 0.6) is 0 Å². The van der Waals surface area contributed by atoms with Crippen LogP contribution in [0.3, 0.4) is 0 Å². The van der Waals surface area contributed by atoms with Gasteiger partial charge in [-0.1, -0.05) is 0 Å². The van der Waals surface area contributed by atoms with Gasteiger partial charge >= 0.3 is 0 Å². The second kappa shape index (κ2) is 4.14. The van der Waals surface area contributed by atoms with E-state index in [1.54, 1.807) is 0 Å². The van der Waals surface area contributed by atoms with Gasteiger partial charge in [0.25, 0.3) is 0 Å². The molecule has 0 amide bonds. The summed E-state index contributed by atoms with van der Waals surface area (Å²) in [6.45, 7) is 2.25. The summed E-state index contributed by atoms with van der Waals surface area (Å²) in [5, 5.41) is 0. The van der Waals surface area contributed by atoms with Crippen LogP contribution >= 0.6 is 12.6 Å². The first-order chi connectivity index (χ1) is 4.43. The predicted octanol–water partition coefficient (Wildman–Crippen LogP) is 0.722. The van der Waals surface area contributed by atoms with Crippen molar-refractivity contribution >= 4 is 12.6 Å². The third-order valence-corrected chi connectivity index (χ3v) is 1.59. The molecule has 1 saturated heterocycles. The van der Waals surface area contributed by atoms with Gasteiger partial charge in [0.05, 0.1) is 25.9 Å². The molecule has 2 nitrogen and oxygen atoms in total. The van der Waals surface area contributed by atoms with Crippen molar-refractivity contribution in [2.75, 3.05) is 25.6 Å². The summed E-state index contributed by atoms with van der Waals surface area (Å²) in [6.07, 6.45) is 1.31. The number of hydrogen-bond donors (Lipinski definition) is 1. The molecular formula is C6H12O2S. The fourth-order valence-corrected chi connectivity index (χ4v) is 1.14. The highest BCUT2D eigenvalue weighted by atomic mass is 32.1. The molecule has 1 fully saturated rings. The summed E-state index contributed by atoms with van der Waals surface area (Å²) in [4.78, 5) is 0. The fraction of sp³-hybridized carbons (Fsp3) is 1.00. The topological polar surface area (TPSA) is 18.5 Å². The van der Waals surface area contributed by atoms with Crippen LogP contribution in [-0.2, 0) is 9.47 Å². The van der Waals surface area contributed by atoms with E-state index in [0.29, 0.717) is 6.10 Å². The highest BCUT2D eigenvalue weighted by molar-refractivity contribution is 7.80. The lowest BCUT2D eigenvalue weighted by molar-refractivity contribution is -0.0882. The second-order valence-corrected chi connectivity index (χ2v) is 2.53. The standard InChI is InChI=1S/C6H12O2S/c9-4-1-6-5-7-2-3-8-6/h6,9H,1-5H2. The first kappa shape index (κ1) is 7.38. The Morgan fingerprint density at radius 1 is 1.44 bits per heavy atom. The van der Waals surface area contributed by atoms with E-state index in [2.05, 4.69) is 12.6 Å². The zero-order valence-electron chi connectivity index (χ0n) is 5.38. The monoisotopic (exact) mass is 148 g/mol. The van der Waals surface area contributed by atoms with Gasteiger partial charge in [0.15, 0.2) is 0 Å². The molecule has 0 N–H and O–H groups in total. The molecule has 0 spiro atoms. The van der Waals surface area contributed by atoms with Gasteiger partial charge in [-0.15, -0.1) is 0 Å². The van der Waals surface area contributed by atoms with Gasteiger partial charge in [0, 0.05) is 0 Å². The van der Waals surface area contributed by atoms with Crippen LogP contribution in [0.4, 0.5) is 0 Å². The van der Waals surface area contributed by atoms with Crippen molar-refractivity contribution in [2.45, 2.75) is 12.5 Å². The van der Waals surface area contributed by atoms with Crippen molar-refractivity contribution in [1.82, 2.24) is 0 Å². The number of thiol groups is 1. The lowest BCUT2D eigenvalue weighted by Gasteiger charge is -2.21. The summed E-state index contributed by atoms with van der Waals surface area (Å²) in [6, 6.07) is 0. The first-order valence-corrected chi connectivity index (χ1v) is 3.87. The van der Waals surface area contributed by atoms with E-state index in [1.165, 1.54) is 0 Å². The van der Waals surface area contributed by atoms with Gasteiger partial charge in [-0.25, -0.2) is 0 Å². The molecule has 3 heteroatoms. The van der Waals surface area contributed by atoms with Crippen LogP contribution in [-0.4, -0.2) is 31.7 Å². The van der Waals surface area contributed by atoms with E-state index < -0.39 is 0 Å². The van der Waals surface area contributed by atoms with Crippen molar-refractivity contribution in [3.8, 4) is 0 Å². The zero-order chi connectivity index (χ0) is 6.53. The molecule has 1 rings (SSSR count). The zero-order valence-corrected chi connectivity index (χ0v) is 6.27. The number of rotatable bonds is 2. The molecule has 0 aromatic heterocycles. The minimum absolute atomic E-state index is 0.302. The molecule has 1 unspecified atom stereocenters. The van der Waals surface area contributed by atoms with Crippen molar-refractivity contribution in [3.05, 3.63) is 0 Å². The molecule has 0 aromatic rings. The predicted molar refractivity (Wildman–Crippen MR) is 39.0 cm³/mol. The third-order valence-electron chi connectivity index (χ3n) is 1.34. The molecular weight excluding hydrogens is 136 g/mol. The molecule has 0 aliphatic carbocycles. The summed E-state index contributed by atoms with van der Waals surface area (Å²) >= 11 is 4.10. The number of ether oxygens (including phenoxy) is 2. The summed E-state index contributed by atoms with van der Waals surface area (Å²) in [5.74, 6) is 0.883. The normalized spacial score (nSPS) is 28.3. The smallest absolute Gasteiger partial charge is 0.0817 e. The Morgan fingerprint density at radius 3 is 2.89 bits per heavy atom. The van der Waals surface area contributed by atoms with Crippen molar-refractivity contribution < 1.29 is 9.47 Å². The lowest BCUT2D eigenvalue weighted by Crippen LogP contribution is -2.28. The van der Waals surface area contributed by atoms with Crippen LogP contribution in [0.1, 0.15) is 6.42 Å². The van der Waals surface area contributed by atoms with E-state index in [4.69, 9.17) is 9.47 Å². The van der Waals surface area contributed by atoms with Gasteiger partial charge in [-0.2, -0.15) is 12.6 Å². The van der Waals surface area contributed by atoms with E-state index in [0.717, 1.165) is 32.0 Å². The molecule has 1 aliphatic rings. The van der Waals surface area contributed by atoms with Gasteiger partial charge in [-0.3, -0.25) is 0 Å². The van der Waals surface area contributed by atoms with Gasteiger partial charge in [0.1, 0.15) is 0 Å². The minimum atomic E-state index is 0.302. The molecule has 0 aromatic carbocycles.